The van der Waals surface area contributed by atoms with E-state index in [-0.39, 0.29) is 10.9 Å². The van der Waals surface area contributed by atoms with E-state index < -0.39 is 16.6 Å². The van der Waals surface area contributed by atoms with Gasteiger partial charge >= 0.3 is 6.03 Å². The van der Waals surface area contributed by atoms with Crippen LogP contribution in [0.3, 0.4) is 0 Å². The summed E-state index contributed by atoms with van der Waals surface area (Å²) < 4.78 is 25.1. The van der Waals surface area contributed by atoms with E-state index in [9.17, 15) is 13.4 Å². The highest BCUT2D eigenvalue weighted by Crippen LogP contribution is 2.21. The maximum absolute atomic E-state index is 13.8. The van der Waals surface area contributed by atoms with Gasteiger partial charge in [-0.25, -0.2) is 9.18 Å². The molecule has 1 saturated heterocycles. The number of rotatable bonds is 3. The van der Waals surface area contributed by atoms with Gasteiger partial charge in [0.25, 0.3) is 0 Å². The van der Waals surface area contributed by atoms with E-state index in [0.717, 1.165) is 25.8 Å². The Kier molecular flexibility index (Phi) is 6.26. The van der Waals surface area contributed by atoms with Crippen molar-refractivity contribution in [3.63, 3.8) is 0 Å². The number of benzene rings is 1. The minimum atomic E-state index is -1.37. The van der Waals surface area contributed by atoms with Crippen LogP contribution in [0.2, 0.25) is 0 Å². The number of anilines is 1. The van der Waals surface area contributed by atoms with Crippen molar-refractivity contribution in [2.75, 3.05) is 30.9 Å². The van der Waals surface area contributed by atoms with Gasteiger partial charge in [-0.1, -0.05) is 6.42 Å². The molecule has 0 radical (unpaired) electrons. The predicted octanol–water partition coefficient (Wildman–Crippen LogP) is 3.31. The predicted molar refractivity (Wildman–Crippen MR) is 90.5 cm³/mol. The highest BCUT2D eigenvalue weighted by molar-refractivity contribution is 7.99. The van der Waals surface area contributed by atoms with Gasteiger partial charge in [0.2, 0.25) is 0 Å². The monoisotopic (exact) mass is 344 g/mol. The largest absolute Gasteiger partial charge is 0.323 e. The molecule has 1 fully saturated rings. The Labute approximate surface area is 137 Å². The van der Waals surface area contributed by atoms with Crippen molar-refractivity contribution in [1.82, 2.24) is 4.90 Å². The van der Waals surface area contributed by atoms with Gasteiger partial charge in [-0.05, 0) is 37.3 Å². The summed E-state index contributed by atoms with van der Waals surface area (Å²) in [6, 6.07) is 4.06. The number of hydrogen-bond donors (Lipinski definition) is 1. The van der Waals surface area contributed by atoms with Gasteiger partial charge in [-0.2, -0.15) is 11.8 Å². The smallest absolute Gasteiger partial charge is 0.321 e. The third kappa shape index (κ3) is 4.46. The topological polar surface area (TPSA) is 49.4 Å². The lowest BCUT2D eigenvalue weighted by atomic mass is 10.2. The fourth-order valence-electron chi connectivity index (χ4n) is 2.49. The van der Waals surface area contributed by atoms with Crippen LogP contribution in [0.4, 0.5) is 14.9 Å². The molecule has 1 aliphatic heterocycles. The molecular formula is C15H21FN2O2S2. The van der Waals surface area contributed by atoms with Crippen LogP contribution in [0, 0.1) is 5.82 Å². The molecule has 2 rings (SSSR count). The second-order valence-corrected chi connectivity index (χ2v) is 7.82. The molecule has 0 aromatic heterocycles. The molecule has 22 heavy (non-hydrogen) atoms. The number of likely N-dealkylation sites (tertiary alicyclic amines) is 1. The first-order valence-corrected chi connectivity index (χ1v) is 10.1. The molecule has 1 aromatic rings. The summed E-state index contributed by atoms with van der Waals surface area (Å²) in [4.78, 5) is 14.3. The summed E-state index contributed by atoms with van der Waals surface area (Å²) >= 11 is 1.78. The molecule has 122 valence electrons. The zero-order chi connectivity index (χ0) is 16.1. The van der Waals surface area contributed by atoms with Gasteiger partial charge in [-0.15, -0.1) is 0 Å². The molecule has 2 atom stereocenters. The van der Waals surface area contributed by atoms with E-state index in [1.165, 1.54) is 18.4 Å². The van der Waals surface area contributed by atoms with Crippen LogP contribution in [0.1, 0.15) is 19.3 Å². The summed E-state index contributed by atoms with van der Waals surface area (Å²) in [5.74, 6) is -0.559. The van der Waals surface area contributed by atoms with E-state index >= 15 is 0 Å². The van der Waals surface area contributed by atoms with Crippen LogP contribution >= 0.6 is 11.8 Å². The summed E-state index contributed by atoms with van der Waals surface area (Å²) in [6.07, 6.45) is 6.73. The molecule has 4 nitrogen and oxygen atoms in total. The normalized spacial score (nSPS) is 20.3. The number of nitrogens with zero attached hydrogens (tertiary/aromatic N) is 1. The molecule has 1 N–H and O–H groups in total. The quantitative estimate of drug-likeness (QED) is 0.915. The van der Waals surface area contributed by atoms with Gasteiger partial charge in [0.1, 0.15) is 5.82 Å². The van der Waals surface area contributed by atoms with Crippen LogP contribution in [0.5, 0.6) is 0 Å². The van der Waals surface area contributed by atoms with Crippen molar-refractivity contribution in [1.29, 1.82) is 0 Å². The van der Waals surface area contributed by atoms with E-state index in [4.69, 9.17) is 0 Å². The third-order valence-electron chi connectivity index (χ3n) is 3.74. The molecule has 1 heterocycles. The summed E-state index contributed by atoms with van der Waals surface area (Å²) in [7, 11) is -1.37. The Morgan fingerprint density at radius 3 is 2.86 bits per heavy atom. The van der Waals surface area contributed by atoms with Crippen molar-refractivity contribution >= 4 is 34.3 Å². The minimum absolute atomic E-state index is 0.148. The number of halogens is 1. The van der Waals surface area contributed by atoms with E-state index in [2.05, 4.69) is 11.6 Å². The maximum Gasteiger partial charge on any atom is 0.321 e. The zero-order valence-corrected chi connectivity index (χ0v) is 14.4. The number of amides is 2. The van der Waals surface area contributed by atoms with Crippen LogP contribution in [0.25, 0.3) is 0 Å². The van der Waals surface area contributed by atoms with Gasteiger partial charge in [0.05, 0.1) is 15.7 Å². The first kappa shape index (κ1) is 17.3. The summed E-state index contributed by atoms with van der Waals surface area (Å²) in [6.45, 7) is 1.44. The molecule has 2 amide bonds. The molecule has 7 heteroatoms. The average Bonchev–Trinajstić information content (AvgIpc) is 2.72. The van der Waals surface area contributed by atoms with Gasteiger partial charge in [-0.3, -0.25) is 4.21 Å². The lowest BCUT2D eigenvalue weighted by molar-refractivity contribution is 0.214. The second-order valence-electron chi connectivity index (χ2n) is 5.33. The van der Waals surface area contributed by atoms with E-state index in [1.807, 2.05) is 0 Å². The molecule has 0 bridgehead atoms. The van der Waals surface area contributed by atoms with Crippen LogP contribution < -0.4 is 5.32 Å². The van der Waals surface area contributed by atoms with Crippen molar-refractivity contribution in [2.24, 2.45) is 0 Å². The summed E-state index contributed by atoms with van der Waals surface area (Å²) in [5, 5.41) is 3.18. The Morgan fingerprint density at radius 1 is 1.45 bits per heavy atom. The number of carbonyl (C=O) groups excluding carboxylic acids is 1. The van der Waals surface area contributed by atoms with Crippen LogP contribution in [-0.4, -0.2) is 46.0 Å². The summed E-state index contributed by atoms with van der Waals surface area (Å²) in [5.41, 5.74) is 0.390. The molecule has 0 spiro atoms. The lowest BCUT2D eigenvalue weighted by Crippen LogP contribution is -2.38. The Morgan fingerprint density at radius 2 is 2.23 bits per heavy atom. The first-order chi connectivity index (χ1) is 10.5. The second kappa shape index (κ2) is 7.97. The van der Waals surface area contributed by atoms with Gasteiger partial charge in [0.15, 0.2) is 0 Å². The molecule has 0 aliphatic carbocycles. The SMILES string of the molecule is CS[C@@H]1CCCCN(C(=O)Nc2ccc([S@](C)=O)c(F)c2)C1. The fourth-order valence-corrected chi connectivity index (χ4v) is 3.82. The van der Waals surface area contributed by atoms with Crippen molar-refractivity contribution in [2.45, 2.75) is 29.4 Å². The molecule has 1 aliphatic rings. The van der Waals surface area contributed by atoms with E-state index in [0.29, 0.717) is 17.5 Å². The number of thioether (sulfide) groups is 1. The number of hydrogen-bond acceptors (Lipinski definition) is 3. The minimum Gasteiger partial charge on any atom is -0.323 e. The van der Waals surface area contributed by atoms with Crippen molar-refractivity contribution < 1.29 is 13.4 Å². The maximum atomic E-state index is 13.8. The number of nitrogens with one attached hydrogen (secondary N) is 1. The Bertz CT molecular complexity index is 568. The van der Waals surface area contributed by atoms with E-state index in [1.54, 1.807) is 22.7 Å². The van der Waals surface area contributed by atoms with Crippen LogP contribution in [-0.2, 0) is 10.8 Å². The Balaban J connectivity index is 2.04. The number of urea groups is 1. The first-order valence-electron chi connectivity index (χ1n) is 7.23. The average molecular weight is 344 g/mol. The van der Waals surface area contributed by atoms with Gasteiger partial charge in [0, 0.05) is 30.3 Å². The number of carbonyl (C=O) groups is 1. The lowest BCUT2D eigenvalue weighted by Gasteiger charge is -2.24. The molecule has 0 saturated carbocycles. The molecule has 1 aromatic carbocycles. The van der Waals surface area contributed by atoms with Gasteiger partial charge < -0.3 is 10.2 Å². The van der Waals surface area contributed by atoms with Crippen molar-refractivity contribution in [3.05, 3.63) is 24.0 Å². The van der Waals surface area contributed by atoms with Crippen molar-refractivity contribution in [3.8, 4) is 0 Å². The highest BCUT2D eigenvalue weighted by Gasteiger charge is 2.21. The van der Waals surface area contributed by atoms with Crippen LogP contribution in [0.15, 0.2) is 23.1 Å². The molecule has 0 unspecified atom stereocenters. The Hall–Kier alpha value is -1.08. The zero-order valence-electron chi connectivity index (χ0n) is 12.8. The fraction of sp³-hybridized carbons (Fsp3) is 0.533. The highest BCUT2D eigenvalue weighted by atomic mass is 32.2. The third-order valence-corrected chi connectivity index (χ3v) is 5.74. The molecular weight excluding hydrogens is 323 g/mol. The standard InChI is InChI=1S/C15H21FN2O2S2/c1-21-12-5-3-4-8-18(10-12)15(19)17-11-6-7-14(22(2)20)13(16)9-11/h6-7,9,12H,3-5,8,10H2,1-2H3,(H,17,19)/t12-,22+/m1/s1.